The summed E-state index contributed by atoms with van der Waals surface area (Å²) < 4.78 is 5.13. The van der Waals surface area contributed by atoms with E-state index in [0.29, 0.717) is 5.57 Å². The highest BCUT2D eigenvalue weighted by Gasteiger charge is 2.22. The summed E-state index contributed by atoms with van der Waals surface area (Å²) >= 11 is 0. The van der Waals surface area contributed by atoms with Crippen molar-refractivity contribution >= 4 is 5.97 Å². The summed E-state index contributed by atoms with van der Waals surface area (Å²) in [6, 6.07) is 9.71. The molecule has 0 bridgehead atoms. The fourth-order valence-corrected chi connectivity index (χ4v) is 1.34. The molecular weight excluding hydrogens is 164 g/mol. The van der Waals surface area contributed by atoms with Gasteiger partial charge in [0.2, 0.25) is 0 Å². The van der Waals surface area contributed by atoms with Gasteiger partial charge >= 0.3 is 5.97 Å². The Morgan fingerprint density at radius 2 is 1.92 bits per heavy atom. The van der Waals surface area contributed by atoms with E-state index in [1.54, 1.807) is 6.92 Å². The van der Waals surface area contributed by atoms with Gasteiger partial charge in [0.25, 0.3) is 0 Å². The first-order valence-electron chi connectivity index (χ1n) is 4.22. The number of rotatable bonds is 1. The first kappa shape index (κ1) is 8.05. The maximum Gasteiger partial charge on any atom is 0.334 e. The highest BCUT2D eigenvalue weighted by atomic mass is 16.5. The third-order valence-electron chi connectivity index (χ3n) is 2.09. The van der Waals surface area contributed by atoms with Gasteiger partial charge in [-0.25, -0.2) is 4.79 Å². The minimum atomic E-state index is -0.214. The molecule has 66 valence electrons. The van der Waals surface area contributed by atoms with Crippen LogP contribution in [0, 0.1) is 0 Å². The smallest absolute Gasteiger partial charge is 0.334 e. The van der Waals surface area contributed by atoms with Crippen molar-refractivity contribution in [1.29, 1.82) is 0 Å². The number of carbonyl (C=O) groups excluding carboxylic acids is 1. The van der Waals surface area contributed by atoms with E-state index in [9.17, 15) is 4.79 Å². The zero-order chi connectivity index (χ0) is 9.26. The van der Waals surface area contributed by atoms with Crippen molar-refractivity contribution in [3.05, 3.63) is 47.5 Å². The number of carbonyl (C=O) groups is 1. The Hall–Kier alpha value is -1.57. The molecule has 0 radical (unpaired) electrons. The normalized spacial score (nSPS) is 21.2. The second-order valence-corrected chi connectivity index (χ2v) is 3.09. The fraction of sp³-hybridized carbons (Fsp3) is 0.182. The quantitative estimate of drug-likeness (QED) is 0.610. The van der Waals surface area contributed by atoms with Crippen molar-refractivity contribution < 1.29 is 9.53 Å². The van der Waals surface area contributed by atoms with Gasteiger partial charge in [0.05, 0.1) is 0 Å². The summed E-state index contributed by atoms with van der Waals surface area (Å²) in [5.41, 5.74) is 1.71. The molecule has 0 aromatic heterocycles. The lowest BCUT2D eigenvalue weighted by Gasteiger charge is -2.07. The van der Waals surface area contributed by atoms with Crippen LogP contribution < -0.4 is 0 Å². The molecule has 1 aromatic rings. The van der Waals surface area contributed by atoms with Crippen molar-refractivity contribution in [3.8, 4) is 0 Å². The standard InChI is InChI=1S/C11H10O2/c1-8-7-10(13-11(8)12)9-5-3-2-4-6-9/h2-7,10H,1H3/t10-/m0/s1. The lowest BCUT2D eigenvalue weighted by Crippen LogP contribution is -2.00. The summed E-state index contributed by atoms with van der Waals surface area (Å²) in [5.74, 6) is -0.214. The summed E-state index contributed by atoms with van der Waals surface area (Å²) in [7, 11) is 0. The predicted octanol–water partition coefficient (Wildman–Crippen LogP) is 2.23. The number of cyclic esters (lactones) is 1. The van der Waals surface area contributed by atoms with E-state index in [0.717, 1.165) is 5.56 Å². The zero-order valence-corrected chi connectivity index (χ0v) is 7.36. The number of esters is 1. The minimum absolute atomic E-state index is 0.186. The lowest BCUT2D eigenvalue weighted by atomic mass is 10.1. The van der Waals surface area contributed by atoms with Crippen LogP contribution in [0.3, 0.4) is 0 Å². The third-order valence-corrected chi connectivity index (χ3v) is 2.09. The van der Waals surface area contributed by atoms with E-state index in [-0.39, 0.29) is 12.1 Å². The van der Waals surface area contributed by atoms with Gasteiger partial charge < -0.3 is 4.74 Å². The molecule has 2 rings (SSSR count). The molecule has 0 aliphatic carbocycles. The largest absolute Gasteiger partial charge is 0.450 e. The molecule has 0 saturated heterocycles. The number of benzene rings is 1. The maximum atomic E-state index is 11.1. The highest BCUT2D eigenvalue weighted by molar-refractivity contribution is 5.90. The third kappa shape index (κ3) is 1.47. The van der Waals surface area contributed by atoms with Gasteiger partial charge in [-0.3, -0.25) is 0 Å². The van der Waals surface area contributed by atoms with Crippen LogP contribution in [0.15, 0.2) is 42.0 Å². The Bertz CT molecular complexity index is 352. The Morgan fingerprint density at radius 3 is 2.46 bits per heavy atom. The molecule has 1 aliphatic rings. The first-order chi connectivity index (χ1) is 6.27. The first-order valence-corrected chi connectivity index (χ1v) is 4.22. The van der Waals surface area contributed by atoms with E-state index in [1.807, 2.05) is 36.4 Å². The molecular formula is C11H10O2. The van der Waals surface area contributed by atoms with E-state index in [4.69, 9.17) is 4.74 Å². The van der Waals surface area contributed by atoms with Gasteiger partial charge in [0, 0.05) is 5.57 Å². The average molecular weight is 174 g/mol. The van der Waals surface area contributed by atoms with Crippen molar-refractivity contribution in [1.82, 2.24) is 0 Å². The van der Waals surface area contributed by atoms with Crippen LogP contribution in [0.2, 0.25) is 0 Å². The molecule has 2 heteroatoms. The fourth-order valence-electron chi connectivity index (χ4n) is 1.34. The Labute approximate surface area is 76.8 Å². The SMILES string of the molecule is CC1=C[C@@H](c2ccccc2)OC1=O. The summed E-state index contributed by atoms with van der Waals surface area (Å²) in [6.07, 6.45) is 1.66. The average Bonchev–Trinajstić information content (AvgIpc) is 2.49. The zero-order valence-electron chi connectivity index (χ0n) is 7.36. The molecule has 0 amide bonds. The molecule has 2 nitrogen and oxygen atoms in total. The molecule has 1 atom stereocenters. The van der Waals surface area contributed by atoms with Crippen LogP contribution in [0.1, 0.15) is 18.6 Å². The molecule has 0 fully saturated rings. The molecule has 1 heterocycles. The van der Waals surface area contributed by atoms with E-state index in [1.165, 1.54) is 0 Å². The van der Waals surface area contributed by atoms with Crippen molar-refractivity contribution in [2.24, 2.45) is 0 Å². The van der Waals surface area contributed by atoms with Gasteiger partial charge in [-0.15, -0.1) is 0 Å². The monoisotopic (exact) mass is 174 g/mol. The Morgan fingerprint density at radius 1 is 1.23 bits per heavy atom. The number of hydrogen-bond donors (Lipinski definition) is 0. The topological polar surface area (TPSA) is 26.3 Å². The number of hydrogen-bond acceptors (Lipinski definition) is 2. The van der Waals surface area contributed by atoms with Gasteiger partial charge in [0.15, 0.2) is 0 Å². The van der Waals surface area contributed by atoms with Crippen LogP contribution in [-0.4, -0.2) is 5.97 Å². The van der Waals surface area contributed by atoms with Crippen LogP contribution >= 0.6 is 0 Å². The van der Waals surface area contributed by atoms with Crippen molar-refractivity contribution in [2.45, 2.75) is 13.0 Å². The predicted molar refractivity (Wildman–Crippen MR) is 49.0 cm³/mol. The molecule has 0 saturated carbocycles. The van der Waals surface area contributed by atoms with E-state index < -0.39 is 0 Å². The van der Waals surface area contributed by atoms with E-state index in [2.05, 4.69) is 0 Å². The summed E-state index contributed by atoms with van der Waals surface area (Å²) in [4.78, 5) is 11.1. The van der Waals surface area contributed by atoms with Gasteiger partial charge in [-0.05, 0) is 18.6 Å². The molecule has 0 N–H and O–H groups in total. The second-order valence-electron chi connectivity index (χ2n) is 3.09. The molecule has 0 spiro atoms. The molecule has 0 unspecified atom stereocenters. The summed E-state index contributed by atoms with van der Waals surface area (Å²) in [6.45, 7) is 1.77. The lowest BCUT2D eigenvalue weighted by molar-refractivity contribution is -0.139. The molecule has 1 aromatic carbocycles. The van der Waals surface area contributed by atoms with Crippen LogP contribution in [0.4, 0.5) is 0 Å². The van der Waals surface area contributed by atoms with Crippen molar-refractivity contribution in [2.75, 3.05) is 0 Å². The number of ether oxygens (including phenoxy) is 1. The highest BCUT2D eigenvalue weighted by Crippen LogP contribution is 2.26. The van der Waals surface area contributed by atoms with Crippen LogP contribution in [-0.2, 0) is 9.53 Å². The van der Waals surface area contributed by atoms with Crippen LogP contribution in [0.5, 0.6) is 0 Å². The van der Waals surface area contributed by atoms with Gasteiger partial charge in [-0.2, -0.15) is 0 Å². The second kappa shape index (κ2) is 3.05. The Balaban J connectivity index is 2.27. The van der Waals surface area contributed by atoms with Crippen LogP contribution in [0.25, 0.3) is 0 Å². The van der Waals surface area contributed by atoms with Crippen molar-refractivity contribution in [3.63, 3.8) is 0 Å². The minimum Gasteiger partial charge on any atom is -0.450 e. The maximum absolute atomic E-state index is 11.1. The summed E-state index contributed by atoms with van der Waals surface area (Å²) in [5, 5.41) is 0. The van der Waals surface area contributed by atoms with Gasteiger partial charge in [0.1, 0.15) is 6.10 Å². The molecule has 13 heavy (non-hydrogen) atoms. The van der Waals surface area contributed by atoms with E-state index >= 15 is 0 Å². The molecule has 1 aliphatic heterocycles. The Kier molecular flexibility index (Phi) is 1.89. The van der Waals surface area contributed by atoms with Gasteiger partial charge in [-0.1, -0.05) is 30.3 Å².